The predicted octanol–water partition coefficient (Wildman–Crippen LogP) is 1.11. The second kappa shape index (κ2) is 3.87. The molecule has 0 bridgehead atoms. The average Bonchev–Trinajstić information content (AvgIpc) is 2.15. The molecule has 0 aliphatic carbocycles. The number of hydrogen-bond acceptors (Lipinski definition) is 4. The van der Waals surface area contributed by atoms with Gasteiger partial charge in [0.1, 0.15) is 16.7 Å². The maximum atomic E-state index is 13.5. The molecule has 0 amide bonds. The van der Waals surface area contributed by atoms with Crippen molar-refractivity contribution in [3.63, 3.8) is 0 Å². The highest BCUT2D eigenvalue weighted by Gasteiger charge is 2.22. The van der Waals surface area contributed by atoms with Crippen LogP contribution in [0.4, 0.5) is 4.39 Å². The molecule has 0 fully saturated rings. The Hall–Kier alpha value is -1.61. The number of ether oxygens (including phenoxy) is 1. The van der Waals surface area contributed by atoms with E-state index in [0.29, 0.717) is 0 Å². The van der Waals surface area contributed by atoms with Crippen molar-refractivity contribution in [1.29, 1.82) is 5.26 Å². The second-order valence-electron chi connectivity index (χ2n) is 2.84. The lowest BCUT2D eigenvalue weighted by atomic mass is 10.2. The molecule has 0 aliphatic heterocycles. The van der Waals surface area contributed by atoms with Crippen LogP contribution in [0.25, 0.3) is 0 Å². The van der Waals surface area contributed by atoms with Gasteiger partial charge in [0.2, 0.25) is 0 Å². The molecule has 0 N–H and O–H groups in total. The molecule has 15 heavy (non-hydrogen) atoms. The Labute approximate surface area is 86.8 Å². The molecule has 0 aliphatic rings. The summed E-state index contributed by atoms with van der Waals surface area (Å²) in [6, 6.07) is 3.98. The van der Waals surface area contributed by atoms with Crippen LogP contribution in [0.3, 0.4) is 0 Å². The Balaban J connectivity index is 3.67. The van der Waals surface area contributed by atoms with Crippen molar-refractivity contribution in [3.05, 3.63) is 23.5 Å². The highest BCUT2D eigenvalue weighted by atomic mass is 32.2. The maximum absolute atomic E-state index is 13.5. The summed E-state index contributed by atoms with van der Waals surface area (Å²) in [5.41, 5.74) is -0.323. The van der Waals surface area contributed by atoms with E-state index in [1.807, 2.05) is 0 Å². The lowest BCUT2D eigenvalue weighted by Gasteiger charge is -2.08. The predicted molar refractivity (Wildman–Crippen MR) is 50.8 cm³/mol. The Morgan fingerprint density at radius 1 is 1.47 bits per heavy atom. The van der Waals surface area contributed by atoms with Gasteiger partial charge in [0.15, 0.2) is 15.7 Å². The molecular weight excluding hydrogens is 221 g/mol. The lowest BCUT2D eigenvalue weighted by Crippen LogP contribution is -2.05. The van der Waals surface area contributed by atoms with Gasteiger partial charge in [0.05, 0.1) is 12.7 Å². The van der Waals surface area contributed by atoms with E-state index in [-0.39, 0.29) is 11.3 Å². The fourth-order valence-electron chi connectivity index (χ4n) is 1.13. The van der Waals surface area contributed by atoms with E-state index in [2.05, 4.69) is 0 Å². The van der Waals surface area contributed by atoms with Crippen LogP contribution in [-0.4, -0.2) is 21.8 Å². The molecule has 0 atom stereocenters. The minimum absolute atomic E-state index is 0.103. The first kappa shape index (κ1) is 11.5. The van der Waals surface area contributed by atoms with Crippen LogP contribution in [0.2, 0.25) is 0 Å². The summed E-state index contributed by atoms with van der Waals surface area (Å²) >= 11 is 0. The summed E-state index contributed by atoms with van der Waals surface area (Å²) in [6.45, 7) is 0. The van der Waals surface area contributed by atoms with Gasteiger partial charge in [-0.3, -0.25) is 0 Å². The third-order valence-electron chi connectivity index (χ3n) is 1.77. The molecule has 1 aromatic carbocycles. The number of hydrogen-bond donors (Lipinski definition) is 0. The van der Waals surface area contributed by atoms with E-state index in [0.717, 1.165) is 6.26 Å². The number of nitrogens with zero attached hydrogens (tertiary/aromatic N) is 1. The highest BCUT2D eigenvalue weighted by Crippen LogP contribution is 2.28. The first-order chi connectivity index (χ1) is 6.91. The van der Waals surface area contributed by atoms with Crippen LogP contribution in [0, 0.1) is 17.1 Å². The smallest absolute Gasteiger partial charge is 0.182 e. The number of benzene rings is 1. The topological polar surface area (TPSA) is 67.2 Å². The molecule has 0 heterocycles. The van der Waals surface area contributed by atoms with Crippen LogP contribution >= 0.6 is 0 Å². The molecule has 0 aromatic heterocycles. The maximum Gasteiger partial charge on any atom is 0.182 e. The molecule has 0 unspecified atom stereocenters. The van der Waals surface area contributed by atoms with Crippen molar-refractivity contribution in [2.75, 3.05) is 13.4 Å². The fraction of sp³-hybridized carbons (Fsp3) is 0.222. The summed E-state index contributed by atoms with van der Waals surface area (Å²) in [5.74, 6) is -1.17. The van der Waals surface area contributed by atoms with Gasteiger partial charge in [0, 0.05) is 6.26 Å². The summed E-state index contributed by atoms with van der Waals surface area (Å²) < 4.78 is 40.8. The third kappa shape index (κ3) is 2.07. The third-order valence-corrected chi connectivity index (χ3v) is 2.89. The molecule has 0 saturated heterocycles. The first-order valence-corrected chi connectivity index (χ1v) is 5.77. The summed E-state index contributed by atoms with van der Waals surface area (Å²) in [4.78, 5) is -0.580. The van der Waals surface area contributed by atoms with Crippen LogP contribution < -0.4 is 4.74 Å². The van der Waals surface area contributed by atoms with Gasteiger partial charge in [-0.1, -0.05) is 0 Å². The molecule has 1 aromatic rings. The SMILES string of the molecule is COc1ccc(C#N)c(F)c1S(C)(=O)=O. The summed E-state index contributed by atoms with van der Waals surface area (Å²) in [7, 11) is -2.53. The Morgan fingerprint density at radius 2 is 2.07 bits per heavy atom. The molecule has 80 valence electrons. The van der Waals surface area contributed by atoms with Gasteiger partial charge < -0.3 is 4.74 Å². The van der Waals surface area contributed by atoms with Gasteiger partial charge in [-0.15, -0.1) is 0 Å². The van der Waals surface area contributed by atoms with Crippen molar-refractivity contribution in [2.24, 2.45) is 0 Å². The van der Waals surface area contributed by atoms with Gasteiger partial charge in [-0.2, -0.15) is 5.26 Å². The van der Waals surface area contributed by atoms with E-state index < -0.39 is 20.5 Å². The molecule has 0 spiro atoms. The largest absolute Gasteiger partial charge is 0.495 e. The van der Waals surface area contributed by atoms with Gasteiger partial charge >= 0.3 is 0 Å². The quantitative estimate of drug-likeness (QED) is 0.761. The standard InChI is InChI=1S/C9H8FNO3S/c1-14-7-4-3-6(5-11)8(10)9(7)15(2,12)13/h3-4H,1-2H3. The first-order valence-electron chi connectivity index (χ1n) is 3.88. The Bertz CT molecular complexity index is 531. The molecule has 4 nitrogen and oxygen atoms in total. The number of nitriles is 1. The highest BCUT2D eigenvalue weighted by molar-refractivity contribution is 7.90. The number of methoxy groups -OCH3 is 1. The van der Waals surface area contributed by atoms with E-state index >= 15 is 0 Å². The zero-order valence-electron chi connectivity index (χ0n) is 8.11. The molecule has 0 radical (unpaired) electrons. The van der Waals surface area contributed by atoms with E-state index in [4.69, 9.17) is 10.00 Å². The minimum Gasteiger partial charge on any atom is -0.495 e. The van der Waals surface area contributed by atoms with E-state index in [9.17, 15) is 12.8 Å². The minimum atomic E-state index is -3.76. The normalized spacial score (nSPS) is 10.8. The zero-order valence-corrected chi connectivity index (χ0v) is 8.93. The van der Waals surface area contributed by atoms with Crippen molar-refractivity contribution in [2.45, 2.75) is 4.90 Å². The molecule has 6 heteroatoms. The number of sulfone groups is 1. The average molecular weight is 229 g/mol. The van der Waals surface area contributed by atoms with E-state index in [1.54, 1.807) is 6.07 Å². The number of halogens is 1. The lowest BCUT2D eigenvalue weighted by molar-refractivity contribution is 0.394. The zero-order chi connectivity index (χ0) is 11.6. The van der Waals surface area contributed by atoms with Gasteiger partial charge in [0.25, 0.3) is 0 Å². The fourth-order valence-corrected chi connectivity index (χ4v) is 2.08. The number of rotatable bonds is 2. The van der Waals surface area contributed by atoms with Crippen molar-refractivity contribution >= 4 is 9.84 Å². The van der Waals surface area contributed by atoms with Crippen LogP contribution in [0.1, 0.15) is 5.56 Å². The van der Waals surface area contributed by atoms with Crippen LogP contribution in [-0.2, 0) is 9.84 Å². The molecular formula is C9H8FNO3S. The van der Waals surface area contributed by atoms with Crippen molar-refractivity contribution in [1.82, 2.24) is 0 Å². The van der Waals surface area contributed by atoms with Gasteiger partial charge in [-0.25, -0.2) is 12.8 Å². The molecule has 1 rings (SSSR count). The van der Waals surface area contributed by atoms with Crippen LogP contribution in [0.15, 0.2) is 17.0 Å². The second-order valence-corrected chi connectivity index (χ2v) is 4.80. The summed E-state index contributed by atoms with van der Waals surface area (Å²) in [6.07, 6.45) is 0.856. The van der Waals surface area contributed by atoms with Crippen molar-refractivity contribution in [3.8, 4) is 11.8 Å². The monoisotopic (exact) mass is 229 g/mol. The van der Waals surface area contributed by atoms with E-state index in [1.165, 1.54) is 19.2 Å². The Morgan fingerprint density at radius 3 is 2.47 bits per heavy atom. The molecule has 0 saturated carbocycles. The van der Waals surface area contributed by atoms with Crippen molar-refractivity contribution < 1.29 is 17.5 Å². The van der Waals surface area contributed by atoms with Gasteiger partial charge in [-0.05, 0) is 12.1 Å². The Kier molecular flexibility index (Phi) is 2.95. The summed E-state index contributed by atoms with van der Waals surface area (Å²) in [5, 5.41) is 8.55. The van der Waals surface area contributed by atoms with Crippen LogP contribution in [0.5, 0.6) is 5.75 Å².